The molecule has 2 aromatic heterocycles. The number of ether oxygens (including phenoxy) is 2. The summed E-state index contributed by atoms with van der Waals surface area (Å²) in [5.41, 5.74) is 28.2. The molecule has 15 heteroatoms. The maximum Gasteiger partial charge on any atom is 0.189 e. The lowest BCUT2D eigenvalue weighted by Gasteiger charge is -2.22. The van der Waals surface area contributed by atoms with Crippen LogP contribution in [0.3, 0.4) is 0 Å². The van der Waals surface area contributed by atoms with Gasteiger partial charge in [0.25, 0.3) is 0 Å². The first-order valence-electron chi connectivity index (χ1n) is 28.0. The fraction of sp³-hybridized carbons (Fsp3) is 0.318. The van der Waals surface area contributed by atoms with Gasteiger partial charge in [-0.05, 0) is 141 Å². The first-order valence-corrected chi connectivity index (χ1v) is 28.0. The number of carbonyl (C=O) groups excluding carboxylic acids is 2. The maximum absolute atomic E-state index is 13.5. The number of hydrogen-bond donors (Lipinski definition) is 6. The quantitative estimate of drug-likeness (QED) is 0.0180. The summed E-state index contributed by atoms with van der Waals surface area (Å²) in [6.45, 7) is 16.6. The zero-order chi connectivity index (χ0) is 57.1. The topological polar surface area (TPSA) is 207 Å². The van der Waals surface area contributed by atoms with Crippen molar-refractivity contribution in [2.75, 3.05) is 53.5 Å². The van der Waals surface area contributed by atoms with Crippen molar-refractivity contribution in [3.63, 3.8) is 0 Å². The standard InChI is InChI=1S/C31H30N4O2.C31H34N4O2.C4H13N3/c1-21-16-28(35(34-21)26-11-7-10-25(19-26)32-2)29(36)18-23-8-6-9-24(17-23)31(33-20-22-14-15-22)27-12-4-5-13-30(27)37-3;1-21-15-28(35(34-21)26-10-6-8-24(17-26)19-32)29(36)18-23-7-5-9-25(16-23)31(33-20-22-13-14-22)27-11-3-4-12-30(27)37-2;5-1-3-7-4-2-6/h4-13,16-17,19,22,31,33H,14-15,18,20H2,1,3H3;3-12,15-17,22,31,33H,13-14,18-20,32H2,1-2H3;7H,1-6H2. The molecule has 2 heterocycles. The summed E-state index contributed by atoms with van der Waals surface area (Å²) in [6, 6.07) is 51.4. The molecule has 2 aliphatic carbocycles. The lowest BCUT2D eigenvalue weighted by Crippen LogP contribution is -2.27. The Kier molecular flexibility index (Phi) is 21.4. The van der Waals surface area contributed by atoms with E-state index in [9.17, 15) is 9.59 Å². The highest BCUT2D eigenvalue weighted by Crippen LogP contribution is 2.36. The van der Waals surface area contributed by atoms with Gasteiger partial charge in [-0.15, -0.1) is 0 Å². The van der Waals surface area contributed by atoms with Crippen molar-refractivity contribution >= 4 is 17.3 Å². The SMILES string of the molecule is COc1ccccc1C(NCC1CC1)c1cccc(CC(=O)c2cc(C)nn2-c2cccc(CN)c2)c1.NCCNCCN.[C-]#[N+]c1cccc(-n2nc(C)cc2C(=O)Cc2cccc(C(NCC3CC3)c3ccccc3OC)c2)c1. The largest absolute Gasteiger partial charge is 0.496 e. The monoisotopic (exact) mass is 1090 g/mol. The third kappa shape index (κ3) is 16.5. The predicted molar refractivity (Wildman–Crippen MR) is 322 cm³/mol. The molecular weight excluding hydrogens is 1010 g/mol. The molecule has 2 unspecified atom stereocenters. The molecule has 81 heavy (non-hydrogen) atoms. The van der Waals surface area contributed by atoms with Crippen LogP contribution < -0.4 is 42.6 Å². The molecule has 0 bridgehead atoms. The summed E-state index contributed by atoms with van der Waals surface area (Å²) in [4.78, 5) is 30.5. The Morgan fingerprint density at radius 2 is 1.02 bits per heavy atom. The number of rotatable bonds is 25. The summed E-state index contributed by atoms with van der Waals surface area (Å²) in [5, 5.41) is 19.7. The molecule has 10 rings (SSSR count). The number of methoxy groups -OCH3 is 2. The molecule has 0 aliphatic heterocycles. The van der Waals surface area contributed by atoms with Gasteiger partial charge in [-0.1, -0.05) is 109 Å². The van der Waals surface area contributed by atoms with E-state index in [1.807, 2.05) is 123 Å². The molecule has 0 saturated heterocycles. The van der Waals surface area contributed by atoms with Crippen LogP contribution in [0.15, 0.2) is 158 Å². The minimum absolute atomic E-state index is 0.0152. The number of carbonyl (C=O) groups is 2. The van der Waals surface area contributed by atoms with Crippen LogP contribution in [0.4, 0.5) is 5.69 Å². The average molecular weight is 1090 g/mol. The van der Waals surface area contributed by atoms with Crippen molar-refractivity contribution in [3.05, 3.63) is 231 Å². The first kappa shape index (κ1) is 59.1. The zero-order valence-electron chi connectivity index (χ0n) is 47.1. The van der Waals surface area contributed by atoms with E-state index in [2.05, 4.69) is 67.4 Å². The minimum atomic E-state index is -0.0315. The van der Waals surface area contributed by atoms with Crippen molar-refractivity contribution in [1.82, 2.24) is 35.5 Å². The van der Waals surface area contributed by atoms with Gasteiger partial charge in [-0.25, -0.2) is 14.2 Å². The number of nitrogens with zero attached hydrogens (tertiary/aromatic N) is 5. The van der Waals surface area contributed by atoms with E-state index in [4.69, 9.17) is 33.2 Å². The fourth-order valence-electron chi connectivity index (χ4n) is 9.78. The normalized spacial score (nSPS) is 13.4. The van der Waals surface area contributed by atoms with Crippen LogP contribution in [0, 0.1) is 32.3 Å². The molecule has 2 atom stereocenters. The Morgan fingerprint density at radius 3 is 1.47 bits per heavy atom. The summed E-state index contributed by atoms with van der Waals surface area (Å²) < 4.78 is 14.7. The number of para-hydroxylation sites is 2. The van der Waals surface area contributed by atoms with Gasteiger partial charge < -0.3 is 42.6 Å². The number of aryl methyl sites for hydroxylation is 2. The summed E-state index contributed by atoms with van der Waals surface area (Å²) in [5.74, 6) is 3.17. The van der Waals surface area contributed by atoms with Gasteiger partial charge in [0.15, 0.2) is 17.3 Å². The van der Waals surface area contributed by atoms with E-state index < -0.39 is 0 Å². The van der Waals surface area contributed by atoms with Gasteiger partial charge in [-0.2, -0.15) is 10.2 Å². The van der Waals surface area contributed by atoms with E-state index in [1.165, 1.54) is 25.7 Å². The summed E-state index contributed by atoms with van der Waals surface area (Å²) in [7, 11) is 3.41. The number of Topliss-reactive ketones (excluding diaryl/α,β-unsaturated/α-hetero) is 2. The molecule has 2 aliphatic rings. The molecular formula is C66H77N11O4. The van der Waals surface area contributed by atoms with Gasteiger partial charge in [-0.3, -0.25) is 9.59 Å². The Morgan fingerprint density at radius 1 is 0.580 bits per heavy atom. The van der Waals surface area contributed by atoms with Crippen LogP contribution in [-0.4, -0.2) is 84.6 Å². The van der Waals surface area contributed by atoms with Gasteiger partial charge in [0, 0.05) is 56.7 Å². The van der Waals surface area contributed by atoms with Crippen LogP contribution in [0.5, 0.6) is 11.5 Å². The van der Waals surface area contributed by atoms with Crippen molar-refractivity contribution < 1.29 is 19.1 Å². The van der Waals surface area contributed by atoms with Crippen LogP contribution in [-0.2, 0) is 19.4 Å². The predicted octanol–water partition coefficient (Wildman–Crippen LogP) is 9.91. The van der Waals surface area contributed by atoms with Crippen LogP contribution in [0.25, 0.3) is 16.2 Å². The molecule has 15 nitrogen and oxygen atoms in total. The van der Waals surface area contributed by atoms with Crippen molar-refractivity contribution in [2.45, 2.75) is 71.0 Å². The average Bonchev–Trinajstić information content (AvgIpc) is 4.45. The number of hydrogen-bond acceptors (Lipinski definition) is 12. The lowest BCUT2D eigenvalue weighted by molar-refractivity contribution is 0.0977. The second-order valence-electron chi connectivity index (χ2n) is 20.7. The first-order chi connectivity index (χ1) is 39.5. The van der Waals surface area contributed by atoms with E-state index in [1.54, 1.807) is 35.7 Å². The molecule has 420 valence electrons. The highest BCUT2D eigenvalue weighted by atomic mass is 16.5. The number of nitrogens with two attached hydrogens (primary N) is 3. The zero-order valence-corrected chi connectivity index (χ0v) is 47.1. The van der Waals surface area contributed by atoms with Crippen LogP contribution in [0.1, 0.15) is 109 Å². The number of benzene rings is 6. The second-order valence-corrected chi connectivity index (χ2v) is 20.7. The number of aromatic nitrogens is 4. The van der Waals surface area contributed by atoms with Crippen molar-refractivity contribution in [2.24, 2.45) is 29.0 Å². The summed E-state index contributed by atoms with van der Waals surface area (Å²) in [6.07, 6.45) is 5.64. The number of nitrogens with one attached hydrogen (secondary N) is 3. The van der Waals surface area contributed by atoms with Crippen LogP contribution in [0.2, 0.25) is 0 Å². The highest BCUT2D eigenvalue weighted by Gasteiger charge is 2.27. The Hall–Kier alpha value is -8.07. The third-order valence-electron chi connectivity index (χ3n) is 14.3. The molecule has 6 aromatic carbocycles. The Labute approximate surface area is 477 Å². The van der Waals surface area contributed by atoms with E-state index in [0.717, 1.165) is 106 Å². The van der Waals surface area contributed by atoms with Crippen LogP contribution >= 0.6 is 0 Å². The van der Waals surface area contributed by atoms with Crippen molar-refractivity contribution in [1.29, 1.82) is 0 Å². The maximum atomic E-state index is 13.5. The summed E-state index contributed by atoms with van der Waals surface area (Å²) >= 11 is 0. The molecule has 0 radical (unpaired) electrons. The van der Waals surface area contributed by atoms with E-state index in [0.29, 0.717) is 42.4 Å². The fourth-order valence-corrected chi connectivity index (χ4v) is 9.78. The van der Waals surface area contributed by atoms with E-state index >= 15 is 0 Å². The van der Waals surface area contributed by atoms with Gasteiger partial charge >= 0.3 is 0 Å². The van der Waals surface area contributed by atoms with Gasteiger partial charge in [0.2, 0.25) is 0 Å². The molecule has 8 aromatic rings. The molecule has 0 spiro atoms. The van der Waals surface area contributed by atoms with Crippen molar-refractivity contribution in [3.8, 4) is 22.9 Å². The highest BCUT2D eigenvalue weighted by molar-refractivity contribution is 5.97. The van der Waals surface area contributed by atoms with E-state index in [-0.39, 0.29) is 36.5 Å². The molecule has 2 saturated carbocycles. The van der Waals surface area contributed by atoms with Gasteiger partial charge in [0.05, 0.1) is 55.6 Å². The Balaban J connectivity index is 0.000000190. The minimum Gasteiger partial charge on any atom is -0.496 e. The van der Waals surface area contributed by atoms with Gasteiger partial charge in [0.1, 0.15) is 22.9 Å². The number of ketones is 2. The molecule has 2 fully saturated rings. The molecule has 0 amide bonds. The molecule has 9 N–H and O–H groups in total. The Bertz CT molecular complexity index is 3390. The third-order valence-corrected chi connectivity index (χ3v) is 14.3. The lowest BCUT2D eigenvalue weighted by atomic mass is 9.94. The smallest absolute Gasteiger partial charge is 0.189 e. The second kappa shape index (κ2) is 29.4.